The Hall–Kier alpha value is -3.06. The first-order valence-corrected chi connectivity index (χ1v) is 9.40. The van der Waals surface area contributed by atoms with Crippen molar-refractivity contribution in [3.8, 4) is 17.2 Å². The van der Waals surface area contributed by atoms with Crippen LogP contribution in [0.4, 0.5) is 0 Å². The molecule has 3 aromatic rings. The molecule has 2 aromatic carbocycles. The van der Waals surface area contributed by atoms with Gasteiger partial charge in [0.1, 0.15) is 13.2 Å². The summed E-state index contributed by atoms with van der Waals surface area (Å²) in [5.74, 6) is 1.37. The lowest BCUT2D eigenvalue weighted by Crippen LogP contribution is -2.21. The first kappa shape index (κ1) is 17.4. The van der Waals surface area contributed by atoms with Gasteiger partial charge in [0, 0.05) is 24.0 Å². The third-order valence-electron chi connectivity index (χ3n) is 4.05. The van der Waals surface area contributed by atoms with E-state index >= 15 is 0 Å². The largest absolute Gasteiger partial charge is 0.486 e. The number of ketones is 1. The lowest BCUT2D eigenvalue weighted by Gasteiger charge is -2.19. The molecule has 0 aliphatic carbocycles. The summed E-state index contributed by atoms with van der Waals surface area (Å²) in [7, 11) is 0. The molecule has 0 N–H and O–H groups in total. The second-order valence-electron chi connectivity index (χ2n) is 5.81. The molecule has 1 aromatic heterocycles. The molecule has 0 saturated carbocycles. The van der Waals surface area contributed by atoms with E-state index in [0.717, 1.165) is 11.8 Å². The minimum Gasteiger partial charge on any atom is -0.486 e. The number of aromatic nitrogens is 2. The van der Waals surface area contributed by atoms with Gasteiger partial charge in [-0.2, -0.15) is 0 Å². The summed E-state index contributed by atoms with van der Waals surface area (Å²) in [4.78, 5) is 29.2. The van der Waals surface area contributed by atoms with Crippen LogP contribution < -0.4 is 15.0 Å². The number of Topliss-reactive ketones (excluding diaryl/α,β-unsaturated/α-hetero) is 1. The minimum atomic E-state index is -0.278. The van der Waals surface area contributed by atoms with Gasteiger partial charge < -0.3 is 9.47 Å². The molecular weight excluding hydrogens is 364 g/mol. The van der Waals surface area contributed by atoms with Crippen molar-refractivity contribution in [3.05, 3.63) is 76.8 Å². The van der Waals surface area contributed by atoms with Gasteiger partial charge in [0.25, 0.3) is 5.56 Å². The van der Waals surface area contributed by atoms with Crippen molar-refractivity contribution in [2.24, 2.45) is 0 Å². The van der Waals surface area contributed by atoms with Crippen molar-refractivity contribution < 1.29 is 14.3 Å². The topological polar surface area (TPSA) is 70.4 Å². The van der Waals surface area contributed by atoms with Gasteiger partial charge in [-0.25, -0.2) is 4.98 Å². The zero-order valence-electron chi connectivity index (χ0n) is 14.3. The van der Waals surface area contributed by atoms with E-state index < -0.39 is 0 Å². The Balaban J connectivity index is 1.56. The highest BCUT2D eigenvalue weighted by molar-refractivity contribution is 7.99. The van der Waals surface area contributed by atoms with E-state index in [1.165, 1.54) is 4.57 Å². The predicted octanol–water partition coefficient (Wildman–Crippen LogP) is 2.98. The van der Waals surface area contributed by atoms with Crippen molar-refractivity contribution in [3.63, 3.8) is 0 Å². The van der Waals surface area contributed by atoms with Crippen molar-refractivity contribution in [2.75, 3.05) is 19.0 Å². The molecule has 6 nitrogen and oxygen atoms in total. The van der Waals surface area contributed by atoms with Crippen LogP contribution >= 0.6 is 11.8 Å². The average molecular weight is 380 g/mol. The predicted molar refractivity (Wildman–Crippen MR) is 102 cm³/mol. The van der Waals surface area contributed by atoms with E-state index in [4.69, 9.17) is 9.47 Å². The van der Waals surface area contributed by atoms with E-state index in [1.54, 1.807) is 42.7 Å². The summed E-state index contributed by atoms with van der Waals surface area (Å²) in [5, 5.41) is 0.275. The zero-order valence-corrected chi connectivity index (χ0v) is 15.1. The molecule has 0 saturated heterocycles. The number of hydrogen-bond acceptors (Lipinski definition) is 6. The number of fused-ring (bicyclic) bond motifs is 1. The van der Waals surface area contributed by atoms with E-state index in [-0.39, 0.29) is 22.1 Å². The van der Waals surface area contributed by atoms with Gasteiger partial charge in [0.05, 0.1) is 11.4 Å². The SMILES string of the molecule is O=C(CSc1nccn(-c2ccc3c(c2)OCCO3)c1=O)c1ccccc1. The summed E-state index contributed by atoms with van der Waals surface area (Å²) >= 11 is 1.14. The number of hydrogen-bond donors (Lipinski definition) is 0. The Morgan fingerprint density at radius 3 is 2.67 bits per heavy atom. The Labute approximate surface area is 159 Å². The fourth-order valence-electron chi connectivity index (χ4n) is 2.72. The van der Waals surface area contributed by atoms with Gasteiger partial charge in [0.15, 0.2) is 22.3 Å². The average Bonchev–Trinajstić information content (AvgIpc) is 2.73. The van der Waals surface area contributed by atoms with Gasteiger partial charge in [-0.1, -0.05) is 42.1 Å². The molecule has 1 aliphatic heterocycles. The lowest BCUT2D eigenvalue weighted by atomic mass is 10.2. The number of thioether (sulfide) groups is 1. The number of nitrogens with zero attached hydrogens (tertiary/aromatic N) is 2. The van der Waals surface area contributed by atoms with Crippen LogP contribution in [0, 0.1) is 0 Å². The molecule has 0 unspecified atom stereocenters. The Bertz CT molecular complexity index is 1030. The maximum absolute atomic E-state index is 12.8. The summed E-state index contributed by atoms with van der Waals surface area (Å²) in [5.41, 5.74) is 0.996. The maximum atomic E-state index is 12.8. The Kier molecular flexibility index (Phi) is 4.93. The monoisotopic (exact) mass is 380 g/mol. The number of rotatable bonds is 5. The van der Waals surface area contributed by atoms with E-state index in [0.29, 0.717) is 36.0 Å². The van der Waals surface area contributed by atoms with Gasteiger partial charge >= 0.3 is 0 Å². The molecule has 0 atom stereocenters. The standard InChI is InChI=1S/C20H16N2O4S/c23-16(14-4-2-1-3-5-14)13-27-19-20(24)22(9-8-21-19)15-6-7-17-18(12-15)26-11-10-25-17/h1-9,12H,10-11,13H2. The summed E-state index contributed by atoms with van der Waals surface area (Å²) < 4.78 is 12.6. The normalized spacial score (nSPS) is 12.6. The van der Waals surface area contributed by atoms with Crippen molar-refractivity contribution in [1.82, 2.24) is 9.55 Å². The molecule has 2 heterocycles. The molecule has 136 valence electrons. The molecule has 0 amide bonds. The van der Waals surface area contributed by atoms with Gasteiger partial charge in [-0.15, -0.1) is 0 Å². The van der Waals surface area contributed by atoms with Crippen LogP contribution in [0.25, 0.3) is 5.69 Å². The van der Waals surface area contributed by atoms with E-state index in [2.05, 4.69) is 4.98 Å². The molecule has 0 fully saturated rings. The third-order valence-corrected chi connectivity index (χ3v) is 5.01. The highest BCUT2D eigenvalue weighted by Crippen LogP contribution is 2.31. The second-order valence-corrected chi connectivity index (χ2v) is 6.78. The van der Waals surface area contributed by atoms with Gasteiger partial charge in [0.2, 0.25) is 0 Å². The third kappa shape index (κ3) is 3.73. The number of carbonyl (C=O) groups is 1. The van der Waals surface area contributed by atoms with Crippen molar-refractivity contribution in [1.29, 1.82) is 0 Å². The first-order valence-electron chi connectivity index (χ1n) is 8.41. The van der Waals surface area contributed by atoms with Crippen LogP contribution in [-0.4, -0.2) is 34.3 Å². The lowest BCUT2D eigenvalue weighted by molar-refractivity contribution is 0.102. The second kappa shape index (κ2) is 7.67. The summed E-state index contributed by atoms with van der Waals surface area (Å²) in [6, 6.07) is 14.3. The number of benzene rings is 2. The fourth-order valence-corrected chi connectivity index (χ4v) is 3.51. The first-order chi connectivity index (χ1) is 13.2. The molecule has 0 radical (unpaired) electrons. The number of ether oxygens (including phenoxy) is 2. The van der Waals surface area contributed by atoms with Crippen LogP contribution in [0.1, 0.15) is 10.4 Å². The Morgan fingerprint density at radius 2 is 1.85 bits per heavy atom. The Morgan fingerprint density at radius 1 is 1.07 bits per heavy atom. The molecule has 0 spiro atoms. The van der Waals surface area contributed by atoms with E-state index in [9.17, 15) is 9.59 Å². The van der Waals surface area contributed by atoms with Gasteiger partial charge in [-0.05, 0) is 12.1 Å². The molecule has 0 bridgehead atoms. The summed E-state index contributed by atoms with van der Waals surface area (Å²) in [6.45, 7) is 0.988. The smallest absolute Gasteiger partial charge is 0.287 e. The van der Waals surface area contributed by atoms with Crippen molar-refractivity contribution >= 4 is 17.5 Å². The van der Waals surface area contributed by atoms with Crippen LogP contribution in [0.15, 0.2) is 70.7 Å². The van der Waals surface area contributed by atoms with Crippen LogP contribution in [0.2, 0.25) is 0 Å². The molecule has 1 aliphatic rings. The minimum absolute atomic E-state index is 0.0449. The fraction of sp³-hybridized carbons (Fsp3) is 0.150. The highest BCUT2D eigenvalue weighted by atomic mass is 32.2. The van der Waals surface area contributed by atoms with Crippen LogP contribution in [0.3, 0.4) is 0 Å². The molecule has 27 heavy (non-hydrogen) atoms. The van der Waals surface area contributed by atoms with Crippen LogP contribution in [-0.2, 0) is 0 Å². The zero-order chi connectivity index (χ0) is 18.6. The van der Waals surface area contributed by atoms with E-state index in [1.807, 2.05) is 18.2 Å². The molecule has 7 heteroatoms. The van der Waals surface area contributed by atoms with Crippen LogP contribution in [0.5, 0.6) is 11.5 Å². The maximum Gasteiger partial charge on any atom is 0.287 e. The molecular formula is C20H16N2O4S. The quantitative estimate of drug-likeness (QED) is 0.501. The summed E-state index contributed by atoms with van der Waals surface area (Å²) in [6.07, 6.45) is 3.14. The number of carbonyl (C=O) groups excluding carboxylic acids is 1. The van der Waals surface area contributed by atoms with Crippen molar-refractivity contribution in [2.45, 2.75) is 5.03 Å². The van der Waals surface area contributed by atoms with Gasteiger partial charge in [-0.3, -0.25) is 14.2 Å². The molecule has 4 rings (SSSR count). The highest BCUT2D eigenvalue weighted by Gasteiger charge is 2.15.